The number of nitrogens with zero attached hydrogens (tertiary/aromatic N) is 4. The number of carbonyl (C=O) groups excluding carboxylic acids is 1. The van der Waals surface area contributed by atoms with E-state index in [0.29, 0.717) is 5.56 Å². The molecule has 1 aliphatic heterocycles. The molecule has 0 radical (unpaired) electrons. The lowest BCUT2D eigenvalue weighted by Crippen LogP contribution is -2.31. The molecule has 6 nitrogen and oxygen atoms in total. The summed E-state index contributed by atoms with van der Waals surface area (Å²) in [5, 5.41) is 8.56. The van der Waals surface area contributed by atoms with E-state index >= 15 is 0 Å². The van der Waals surface area contributed by atoms with Gasteiger partial charge in [0.15, 0.2) is 0 Å². The van der Waals surface area contributed by atoms with Crippen molar-refractivity contribution in [3.63, 3.8) is 0 Å². The first-order valence-corrected chi connectivity index (χ1v) is 9.33. The van der Waals surface area contributed by atoms with Gasteiger partial charge in [0.25, 0.3) is 5.91 Å². The lowest BCUT2D eigenvalue weighted by molar-refractivity contribution is 0.0734. The van der Waals surface area contributed by atoms with Crippen molar-refractivity contribution < 1.29 is 9.32 Å². The first-order chi connectivity index (χ1) is 13.0. The van der Waals surface area contributed by atoms with Crippen LogP contribution in [0.1, 0.15) is 57.6 Å². The van der Waals surface area contributed by atoms with Gasteiger partial charge < -0.3 is 9.42 Å². The number of hydrogen-bond donors (Lipinski definition) is 0. The van der Waals surface area contributed by atoms with Crippen molar-refractivity contribution in [1.82, 2.24) is 19.8 Å². The van der Waals surface area contributed by atoms with Crippen molar-refractivity contribution in [2.45, 2.75) is 46.6 Å². The normalized spacial score (nSPS) is 16.9. The maximum Gasteiger partial charge on any atom is 0.254 e. The van der Waals surface area contributed by atoms with Crippen molar-refractivity contribution in [2.24, 2.45) is 0 Å². The average Bonchev–Trinajstić information content (AvgIpc) is 3.34. The quantitative estimate of drug-likeness (QED) is 0.703. The minimum absolute atomic E-state index is 0.0411. The molecule has 1 saturated heterocycles. The average molecular weight is 364 g/mol. The van der Waals surface area contributed by atoms with E-state index in [0.717, 1.165) is 53.5 Å². The molecule has 3 aromatic rings. The van der Waals surface area contributed by atoms with Crippen LogP contribution >= 0.6 is 0 Å². The van der Waals surface area contributed by atoms with E-state index in [1.807, 2.05) is 67.6 Å². The number of benzene rings is 1. The Morgan fingerprint density at radius 1 is 1.15 bits per heavy atom. The molecule has 140 valence electrons. The second-order valence-electron chi connectivity index (χ2n) is 7.28. The Kier molecular flexibility index (Phi) is 4.34. The van der Waals surface area contributed by atoms with E-state index in [9.17, 15) is 4.79 Å². The molecule has 1 fully saturated rings. The maximum atomic E-state index is 13.1. The number of hydrogen-bond acceptors (Lipinski definition) is 4. The first-order valence-electron chi connectivity index (χ1n) is 9.33. The van der Waals surface area contributed by atoms with Crippen molar-refractivity contribution in [2.75, 3.05) is 6.54 Å². The molecule has 6 heteroatoms. The van der Waals surface area contributed by atoms with Gasteiger partial charge in [-0.05, 0) is 70.9 Å². The highest BCUT2D eigenvalue weighted by Crippen LogP contribution is 2.36. The summed E-state index contributed by atoms with van der Waals surface area (Å²) in [7, 11) is 0. The number of aromatic nitrogens is 3. The van der Waals surface area contributed by atoms with Gasteiger partial charge in [-0.2, -0.15) is 5.10 Å². The van der Waals surface area contributed by atoms with Crippen LogP contribution in [0.2, 0.25) is 0 Å². The fourth-order valence-electron chi connectivity index (χ4n) is 4.08. The molecule has 1 amide bonds. The van der Waals surface area contributed by atoms with Crippen molar-refractivity contribution >= 4 is 5.91 Å². The molecular weight excluding hydrogens is 340 g/mol. The Labute approximate surface area is 158 Å². The first kappa shape index (κ1) is 17.5. The summed E-state index contributed by atoms with van der Waals surface area (Å²) in [6, 6.07) is 9.76. The SMILES string of the molecule is Cc1cc(C)n(-c2ccc(C(=O)N3CCC[C@H]3c3c(C)noc3C)cc2)n1. The lowest BCUT2D eigenvalue weighted by atomic mass is 10.0. The second kappa shape index (κ2) is 6.68. The van der Waals surface area contributed by atoms with E-state index in [1.165, 1.54) is 0 Å². The smallest absolute Gasteiger partial charge is 0.254 e. The Hall–Kier alpha value is -2.89. The van der Waals surface area contributed by atoms with Crippen molar-refractivity contribution in [3.05, 3.63) is 64.3 Å². The Balaban J connectivity index is 1.60. The monoisotopic (exact) mass is 364 g/mol. The van der Waals surface area contributed by atoms with E-state index < -0.39 is 0 Å². The van der Waals surface area contributed by atoms with Crippen LogP contribution < -0.4 is 0 Å². The highest BCUT2D eigenvalue weighted by atomic mass is 16.5. The molecule has 1 atom stereocenters. The third-order valence-corrected chi connectivity index (χ3v) is 5.30. The summed E-state index contributed by atoms with van der Waals surface area (Å²) in [6.45, 7) is 8.61. The Morgan fingerprint density at radius 3 is 2.48 bits per heavy atom. The third-order valence-electron chi connectivity index (χ3n) is 5.30. The summed E-state index contributed by atoms with van der Waals surface area (Å²) >= 11 is 0. The molecule has 1 aromatic carbocycles. The summed E-state index contributed by atoms with van der Waals surface area (Å²) in [5.74, 6) is 0.856. The van der Waals surface area contributed by atoms with Crippen LogP contribution in [0.25, 0.3) is 5.69 Å². The summed E-state index contributed by atoms with van der Waals surface area (Å²) in [5.41, 5.74) is 5.63. The van der Waals surface area contributed by atoms with Crippen LogP contribution in [0.4, 0.5) is 0 Å². The third kappa shape index (κ3) is 3.05. The molecular formula is C21H24N4O2. The minimum Gasteiger partial charge on any atom is -0.361 e. The van der Waals surface area contributed by atoms with Crippen LogP contribution in [0.3, 0.4) is 0 Å². The van der Waals surface area contributed by atoms with Crippen molar-refractivity contribution in [1.29, 1.82) is 0 Å². The highest BCUT2D eigenvalue weighted by Gasteiger charge is 2.34. The second-order valence-corrected chi connectivity index (χ2v) is 7.28. The van der Waals surface area contributed by atoms with Gasteiger partial charge in [-0.25, -0.2) is 4.68 Å². The molecule has 0 unspecified atom stereocenters. The Morgan fingerprint density at radius 2 is 1.89 bits per heavy atom. The van der Waals surface area contributed by atoms with Gasteiger partial charge >= 0.3 is 0 Å². The van der Waals surface area contributed by atoms with Gasteiger partial charge in [0.1, 0.15) is 5.76 Å². The molecule has 4 rings (SSSR count). The van der Waals surface area contributed by atoms with Gasteiger partial charge in [0, 0.05) is 23.4 Å². The van der Waals surface area contributed by atoms with Crippen LogP contribution in [-0.4, -0.2) is 32.3 Å². The molecule has 2 aromatic heterocycles. The zero-order valence-electron chi connectivity index (χ0n) is 16.2. The fourth-order valence-corrected chi connectivity index (χ4v) is 4.08. The minimum atomic E-state index is 0.0411. The van der Waals surface area contributed by atoms with Crippen LogP contribution in [0.15, 0.2) is 34.9 Å². The summed E-state index contributed by atoms with van der Waals surface area (Å²) in [6.07, 6.45) is 1.93. The molecule has 0 saturated carbocycles. The Bertz CT molecular complexity index is 965. The molecule has 0 bridgehead atoms. The molecule has 1 aliphatic rings. The molecule has 27 heavy (non-hydrogen) atoms. The maximum absolute atomic E-state index is 13.1. The van der Waals surface area contributed by atoms with E-state index in [2.05, 4.69) is 10.3 Å². The summed E-state index contributed by atoms with van der Waals surface area (Å²) < 4.78 is 7.22. The largest absolute Gasteiger partial charge is 0.361 e. The van der Waals surface area contributed by atoms with E-state index in [1.54, 1.807) is 0 Å². The topological polar surface area (TPSA) is 64.2 Å². The van der Waals surface area contributed by atoms with Gasteiger partial charge in [0.05, 0.1) is 23.1 Å². The fraction of sp³-hybridized carbons (Fsp3) is 0.381. The highest BCUT2D eigenvalue weighted by molar-refractivity contribution is 5.95. The molecule has 0 aliphatic carbocycles. The zero-order valence-corrected chi connectivity index (χ0v) is 16.2. The summed E-state index contributed by atoms with van der Waals surface area (Å²) in [4.78, 5) is 15.1. The molecule has 3 heterocycles. The van der Waals surface area contributed by atoms with Gasteiger partial charge in [-0.15, -0.1) is 0 Å². The standard InChI is InChI=1S/C21H24N4O2/c1-13-12-14(2)25(22-13)18-9-7-17(8-10-18)21(26)24-11-5-6-19(24)20-15(3)23-27-16(20)4/h7-10,12,19H,5-6,11H2,1-4H3/t19-/m0/s1. The number of likely N-dealkylation sites (tertiary alicyclic amines) is 1. The van der Waals surface area contributed by atoms with E-state index in [4.69, 9.17) is 4.52 Å². The number of amides is 1. The number of rotatable bonds is 3. The predicted molar refractivity (Wildman–Crippen MR) is 102 cm³/mol. The van der Waals surface area contributed by atoms with Gasteiger partial charge in [-0.3, -0.25) is 4.79 Å². The van der Waals surface area contributed by atoms with E-state index in [-0.39, 0.29) is 11.9 Å². The zero-order chi connectivity index (χ0) is 19.1. The van der Waals surface area contributed by atoms with Crippen LogP contribution in [0, 0.1) is 27.7 Å². The lowest BCUT2D eigenvalue weighted by Gasteiger charge is -2.25. The van der Waals surface area contributed by atoms with Crippen molar-refractivity contribution in [3.8, 4) is 5.69 Å². The van der Waals surface area contributed by atoms with Crippen LogP contribution in [-0.2, 0) is 0 Å². The van der Waals surface area contributed by atoms with Gasteiger partial charge in [0.2, 0.25) is 0 Å². The van der Waals surface area contributed by atoms with Crippen LogP contribution in [0.5, 0.6) is 0 Å². The number of aryl methyl sites for hydroxylation is 4. The molecule has 0 N–H and O–H groups in total. The molecule has 0 spiro atoms. The predicted octanol–water partition coefficient (Wildman–Crippen LogP) is 4.07. The van der Waals surface area contributed by atoms with Gasteiger partial charge in [-0.1, -0.05) is 5.16 Å². The number of carbonyl (C=O) groups is 1.